The molecule has 0 aliphatic carbocycles. The van der Waals surface area contributed by atoms with Gasteiger partial charge in [0, 0.05) is 24.2 Å². The first-order valence-electron chi connectivity index (χ1n) is 9.52. The van der Waals surface area contributed by atoms with Crippen LogP contribution >= 0.6 is 23.1 Å². The average Bonchev–Trinajstić information content (AvgIpc) is 3.45. The van der Waals surface area contributed by atoms with Crippen LogP contribution in [0.1, 0.15) is 11.5 Å². The molecule has 1 fully saturated rings. The fraction of sp³-hybridized carbons (Fsp3) is 0.286. The van der Waals surface area contributed by atoms with E-state index in [0.29, 0.717) is 11.6 Å². The fourth-order valence-corrected chi connectivity index (χ4v) is 4.83. The summed E-state index contributed by atoms with van der Waals surface area (Å²) >= 11 is 3.30. The number of nitrogens with zero attached hydrogens (tertiary/aromatic N) is 4. The lowest BCUT2D eigenvalue weighted by atomic mass is 10.2. The molecule has 0 atom stereocenters. The topological polar surface area (TPSA) is 64.3 Å². The Hall–Kier alpha value is -2.26. The molecule has 4 heterocycles. The number of oxazole rings is 1. The van der Waals surface area contributed by atoms with Crippen molar-refractivity contribution in [2.75, 3.05) is 26.3 Å². The first kappa shape index (κ1) is 18.7. The van der Waals surface area contributed by atoms with Gasteiger partial charge in [0.1, 0.15) is 17.1 Å². The average molecular weight is 425 g/mol. The third kappa shape index (κ3) is 4.35. The van der Waals surface area contributed by atoms with Gasteiger partial charge in [-0.05, 0) is 17.5 Å². The molecule has 5 rings (SSSR count). The van der Waals surface area contributed by atoms with Crippen LogP contribution in [-0.2, 0) is 17.0 Å². The van der Waals surface area contributed by atoms with Crippen LogP contribution < -0.4 is 0 Å². The van der Waals surface area contributed by atoms with E-state index in [0.717, 1.165) is 65.2 Å². The van der Waals surface area contributed by atoms with Crippen molar-refractivity contribution in [3.8, 4) is 10.8 Å². The van der Waals surface area contributed by atoms with Crippen LogP contribution in [-0.4, -0.2) is 46.2 Å². The summed E-state index contributed by atoms with van der Waals surface area (Å²) in [6.45, 7) is 4.13. The van der Waals surface area contributed by atoms with E-state index in [1.165, 1.54) is 0 Å². The third-order valence-corrected chi connectivity index (χ3v) is 6.61. The minimum Gasteiger partial charge on any atom is -0.444 e. The number of hydrogen-bond acceptors (Lipinski definition) is 8. The number of morpholine rings is 1. The van der Waals surface area contributed by atoms with Gasteiger partial charge in [0.25, 0.3) is 0 Å². The van der Waals surface area contributed by atoms with Crippen LogP contribution in [0.4, 0.5) is 0 Å². The van der Waals surface area contributed by atoms with Crippen LogP contribution in [0.25, 0.3) is 21.7 Å². The molecular formula is C21H20N4O2S2. The molecular weight excluding hydrogens is 404 g/mol. The molecule has 6 nitrogen and oxygen atoms in total. The maximum absolute atomic E-state index is 5.64. The van der Waals surface area contributed by atoms with Crippen LogP contribution in [0.5, 0.6) is 0 Å². The monoisotopic (exact) mass is 424 g/mol. The zero-order valence-electron chi connectivity index (χ0n) is 15.8. The van der Waals surface area contributed by atoms with Crippen molar-refractivity contribution in [1.82, 2.24) is 19.9 Å². The molecule has 148 valence electrons. The molecule has 3 aromatic heterocycles. The molecule has 29 heavy (non-hydrogen) atoms. The summed E-state index contributed by atoms with van der Waals surface area (Å²) in [6.07, 6.45) is 1.74. The van der Waals surface area contributed by atoms with E-state index < -0.39 is 0 Å². The molecule has 1 aliphatic rings. The molecule has 1 aliphatic heterocycles. The van der Waals surface area contributed by atoms with Gasteiger partial charge in [-0.1, -0.05) is 36.0 Å². The molecule has 1 aromatic carbocycles. The minimum atomic E-state index is 0.677. The summed E-state index contributed by atoms with van der Waals surface area (Å²) in [5.41, 5.74) is 1.89. The Bertz CT molecular complexity index is 1090. The summed E-state index contributed by atoms with van der Waals surface area (Å²) < 4.78 is 11.1. The molecule has 0 bridgehead atoms. The van der Waals surface area contributed by atoms with E-state index in [9.17, 15) is 0 Å². The van der Waals surface area contributed by atoms with Gasteiger partial charge < -0.3 is 9.15 Å². The van der Waals surface area contributed by atoms with Crippen LogP contribution in [0.2, 0.25) is 0 Å². The number of aromatic nitrogens is 3. The Balaban J connectivity index is 1.36. The third-order valence-electron chi connectivity index (χ3n) is 4.72. The van der Waals surface area contributed by atoms with Gasteiger partial charge in [0.2, 0.25) is 5.89 Å². The highest BCUT2D eigenvalue weighted by molar-refractivity contribution is 7.98. The SMILES string of the molecule is c1csc(-c2nc(CSc3nc(CN4CCOCC4)nc4ccccc34)co2)c1. The Labute approximate surface area is 177 Å². The lowest BCUT2D eigenvalue weighted by Crippen LogP contribution is -2.36. The molecule has 8 heteroatoms. The molecule has 4 aromatic rings. The number of para-hydroxylation sites is 1. The van der Waals surface area contributed by atoms with Crippen molar-refractivity contribution in [3.63, 3.8) is 0 Å². The quantitative estimate of drug-likeness (QED) is 0.334. The van der Waals surface area contributed by atoms with Crippen molar-refractivity contribution in [3.05, 3.63) is 59.6 Å². The highest BCUT2D eigenvalue weighted by atomic mass is 32.2. The second-order valence-corrected chi connectivity index (χ2v) is 8.67. The molecule has 0 N–H and O–H groups in total. The number of benzene rings is 1. The van der Waals surface area contributed by atoms with Crippen molar-refractivity contribution in [1.29, 1.82) is 0 Å². The summed E-state index contributed by atoms with van der Waals surface area (Å²) in [4.78, 5) is 17.7. The Morgan fingerprint density at radius 3 is 2.79 bits per heavy atom. The molecule has 0 amide bonds. The number of hydrogen-bond donors (Lipinski definition) is 0. The lowest BCUT2D eigenvalue weighted by molar-refractivity contribution is 0.0330. The molecule has 0 spiro atoms. The highest BCUT2D eigenvalue weighted by Gasteiger charge is 2.15. The molecule has 1 saturated heterocycles. The molecule has 0 unspecified atom stereocenters. The van der Waals surface area contributed by atoms with E-state index in [-0.39, 0.29) is 0 Å². The number of fused-ring (bicyclic) bond motifs is 1. The maximum Gasteiger partial charge on any atom is 0.236 e. The Morgan fingerprint density at radius 2 is 1.93 bits per heavy atom. The smallest absolute Gasteiger partial charge is 0.236 e. The maximum atomic E-state index is 5.64. The van der Waals surface area contributed by atoms with Crippen LogP contribution in [0.15, 0.2) is 57.5 Å². The van der Waals surface area contributed by atoms with Crippen molar-refractivity contribution in [2.24, 2.45) is 0 Å². The molecule has 0 saturated carbocycles. The van der Waals surface area contributed by atoms with Crippen LogP contribution in [0, 0.1) is 0 Å². The van der Waals surface area contributed by atoms with E-state index in [1.807, 2.05) is 29.6 Å². The predicted molar refractivity (Wildman–Crippen MR) is 115 cm³/mol. The van der Waals surface area contributed by atoms with E-state index in [4.69, 9.17) is 19.1 Å². The summed E-state index contributed by atoms with van der Waals surface area (Å²) in [5, 5.41) is 4.08. The van der Waals surface area contributed by atoms with Gasteiger partial charge in [-0.3, -0.25) is 4.90 Å². The van der Waals surface area contributed by atoms with Gasteiger partial charge >= 0.3 is 0 Å². The fourth-order valence-electron chi connectivity index (χ4n) is 3.26. The summed E-state index contributed by atoms with van der Waals surface area (Å²) in [5.74, 6) is 2.23. The van der Waals surface area contributed by atoms with Gasteiger partial charge in [0.15, 0.2) is 0 Å². The van der Waals surface area contributed by atoms with Crippen molar-refractivity contribution in [2.45, 2.75) is 17.3 Å². The van der Waals surface area contributed by atoms with Crippen molar-refractivity contribution < 1.29 is 9.15 Å². The van der Waals surface area contributed by atoms with E-state index in [2.05, 4.69) is 22.0 Å². The number of rotatable bonds is 6. The number of thioether (sulfide) groups is 1. The van der Waals surface area contributed by atoms with Crippen molar-refractivity contribution >= 4 is 34.0 Å². The zero-order valence-corrected chi connectivity index (χ0v) is 17.4. The van der Waals surface area contributed by atoms with Crippen LogP contribution in [0.3, 0.4) is 0 Å². The largest absolute Gasteiger partial charge is 0.444 e. The van der Waals surface area contributed by atoms with Gasteiger partial charge in [-0.25, -0.2) is 15.0 Å². The van der Waals surface area contributed by atoms with Gasteiger partial charge in [0.05, 0.1) is 35.8 Å². The number of ether oxygens (including phenoxy) is 1. The Kier molecular flexibility index (Phi) is 5.58. The van der Waals surface area contributed by atoms with Gasteiger partial charge in [-0.15, -0.1) is 11.3 Å². The van der Waals surface area contributed by atoms with E-state index in [1.54, 1.807) is 29.4 Å². The normalized spacial score (nSPS) is 15.2. The second-order valence-electron chi connectivity index (χ2n) is 6.76. The first-order chi connectivity index (χ1) is 14.3. The highest BCUT2D eigenvalue weighted by Crippen LogP contribution is 2.30. The van der Waals surface area contributed by atoms with Gasteiger partial charge in [-0.2, -0.15) is 0 Å². The summed E-state index contributed by atoms with van der Waals surface area (Å²) in [7, 11) is 0. The number of thiophene rings is 1. The predicted octanol–water partition coefficient (Wildman–Crippen LogP) is 4.47. The summed E-state index contributed by atoms with van der Waals surface area (Å²) in [6, 6.07) is 12.2. The zero-order chi connectivity index (χ0) is 19.5. The second kappa shape index (κ2) is 8.62. The first-order valence-corrected chi connectivity index (χ1v) is 11.4. The Morgan fingerprint density at radius 1 is 1.03 bits per heavy atom. The lowest BCUT2D eigenvalue weighted by Gasteiger charge is -2.25. The molecule has 0 radical (unpaired) electrons. The van der Waals surface area contributed by atoms with E-state index >= 15 is 0 Å². The standard InChI is InChI=1S/C21H20N4O2S2/c1-2-5-17-16(4-1)21(24-19(23-17)12-25-7-9-26-10-8-25)29-14-15-13-27-20(22-15)18-6-3-11-28-18/h1-6,11,13H,7-10,12,14H2. The minimum absolute atomic E-state index is 0.677.